The molecule has 0 spiro atoms. The molecule has 25 heavy (non-hydrogen) atoms. The Kier molecular flexibility index (Phi) is 4.41. The molecular formula is C16H15N2O6P. The van der Waals surface area contributed by atoms with Gasteiger partial charge in [-0.2, -0.15) is 0 Å². The van der Waals surface area contributed by atoms with E-state index < -0.39 is 28.5 Å². The summed E-state index contributed by atoms with van der Waals surface area (Å²) in [5.41, 5.74) is -0.119. The van der Waals surface area contributed by atoms with Gasteiger partial charge in [-0.05, 0) is 24.0 Å². The predicted molar refractivity (Wildman–Crippen MR) is 90.7 cm³/mol. The minimum atomic E-state index is -3.62. The number of benzene rings is 2. The summed E-state index contributed by atoms with van der Waals surface area (Å²) in [6.45, 7) is 0. The van der Waals surface area contributed by atoms with Gasteiger partial charge in [0, 0.05) is 24.3 Å². The summed E-state index contributed by atoms with van der Waals surface area (Å²) < 4.78 is 13.0. The summed E-state index contributed by atoms with van der Waals surface area (Å²) in [6.07, 6.45) is 0.959. The largest absolute Gasteiger partial charge is 0.343 e. The van der Waals surface area contributed by atoms with Crippen LogP contribution in [-0.4, -0.2) is 14.7 Å². The molecule has 3 atom stereocenters. The maximum atomic E-state index is 13.0. The van der Waals surface area contributed by atoms with Crippen molar-refractivity contribution < 1.29 is 19.3 Å². The molecule has 0 aromatic heterocycles. The van der Waals surface area contributed by atoms with Crippen LogP contribution in [0, 0.1) is 20.2 Å². The van der Waals surface area contributed by atoms with Gasteiger partial charge in [-0.25, -0.2) is 0 Å². The van der Waals surface area contributed by atoms with Gasteiger partial charge < -0.3 is 4.89 Å². The second-order valence-corrected chi connectivity index (χ2v) is 8.57. The first-order valence-electron chi connectivity index (χ1n) is 7.61. The molecule has 1 unspecified atom stereocenters. The van der Waals surface area contributed by atoms with Crippen LogP contribution in [0.3, 0.4) is 0 Å². The first kappa shape index (κ1) is 17.3. The van der Waals surface area contributed by atoms with E-state index in [4.69, 9.17) is 0 Å². The molecule has 0 bridgehead atoms. The highest BCUT2D eigenvalue weighted by atomic mass is 31.2. The van der Waals surface area contributed by atoms with Crippen LogP contribution >= 0.6 is 7.37 Å². The molecule has 2 aromatic carbocycles. The van der Waals surface area contributed by atoms with Crippen LogP contribution in [0.2, 0.25) is 0 Å². The van der Waals surface area contributed by atoms with E-state index in [1.807, 2.05) is 0 Å². The third-order valence-corrected chi connectivity index (χ3v) is 7.48. The molecule has 1 heterocycles. The maximum absolute atomic E-state index is 13.0. The summed E-state index contributed by atoms with van der Waals surface area (Å²) >= 11 is 0. The smallest absolute Gasteiger partial charge is 0.269 e. The molecule has 0 saturated carbocycles. The molecule has 9 heteroatoms. The summed E-state index contributed by atoms with van der Waals surface area (Å²) in [5.74, 6) is 0. The monoisotopic (exact) mass is 362 g/mol. The average molecular weight is 362 g/mol. The molecular weight excluding hydrogens is 347 g/mol. The molecule has 1 N–H and O–H groups in total. The number of hydrogen-bond donors (Lipinski definition) is 1. The lowest BCUT2D eigenvalue weighted by Crippen LogP contribution is -1.99. The van der Waals surface area contributed by atoms with Crippen molar-refractivity contribution in [3.63, 3.8) is 0 Å². The Balaban J connectivity index is 1.87. The second kappa shape index (κ2) is 6.38. The van der Waals surface area contributed by atoms with Crippen molar-refractivity contribution in [2.75, 3.05) is 0 Å². The van der Waals surface area contributed by atoms with Gasteiger partial charge in [0.05, 0.1) is 21.2 Å². The van der Waals surface area contributed by atoms with Gasteiger partial charge in [-0.15, -0.1) is 0 Å². The number of nitrogens with zero attached hydrogens (tertiary/aromatic N) is 2. The van der Waals surface area contributed by atoms with Gasteiger partial charge in [0.1, 0.15) is 0 Å². The van der Waals surface area contributed by atoms with Gasteiger partial charge in [-0.1, -0.05) is 24.3 Å². The first-order valence-corrected chi connectivity index (χ1v) is 9.41. The van der Waals surface area contributed by atoms with E-state index in [2.05, 4.69) is 0 Å². The normalized spacial score (nSPS) is 25.6. The highest BCUT2D eigenvalue weighted by molar-refractivity contribution is 7.59. The van der Waals surface area contributed by atoms with E-state index in [0.717, 1.165) is 0 Å². The molecule has 130 valence electrons. The van der Waals surface area contributed by atoms with Gasteiger partial charge in [0.25, 0.3) is 11.4 Å². The van der Waals surface area contributed by atoms with Crippen molar-refractivity contribution in [2.24, 2.45) is 0 Å². The molecule has 0 aliphatic carbocycles. The van der Waals surface area contributed by atoms with E-state index in [-0.39, 0.29) is 11.4 Å². The number of hydrogen-bond acceptors (Lipinski definition) is 5. The van der Waals surface area contributed by atoms with Crippen molar-refractivity contribution in [1.82, 2.24) is 0 Å². The first-order chi connectivity index (χ1) is 11.8. The van der Waals surface area contributed by atoms with E-state index in [9.17, 15) is 29.7 Å². The summed E-state index contributed by atoms with van der Waals surface area (Å²) in [6, 6.07) is 11.4. The zero-order valence-electron chi connectivity index (χ0n) is 13.0. The topological polar surface area (TPSA) is 124 Å². The Labute approximate surface area is 142 Å². The predicted octanol–water partition coefficient (Wildman–Crippen LogP) is 4.35. The van der Waals surface area contributed by atoms with Gasteiger partial charge in [0.2, 0.25) is 7.37 Å². The molecule has 0 radical (unpaired) electrons. The lowest BCUT2D eigenvalue weighted by molar-refractivity contribution is -0.385. The Morgan fingerprint density at radius 1 is 0.800 bits per heavy atom. The second-order valence-electron chi connectivity index (χ2n) is 5.98. The van der Waals surface area contributed by atoms with Crippen molar-refractivity contribution in [3.8, 4) is 0 Å². The van der Waals surface area contributed by atoms with Crippen LogP contribution in [0.1, 0.15) is 35.3 Å². The number of non-ortho nitro benzene ring substituents is 2. The molecule has 2 aromatic rings. The Bertz CT molecular complexity index is 796. The Morgan fingerprint density at radius 3 is 1.40 bits per heavy atom. The molecule has 1 saturated heterocycles. The van der Waals surface area contributed by atoms with E-state index >= 15 is 0 Å². The van der Waals surface area contributed by atoms with Crippen LogP contribution in [-0.2, 0) is 4.57 Å². The third-order valence-electron chi connectivity index (χ3n) is 4.58. The molecule has 1 aliphatic rings. The van der Waals surface area contributed by atoms with Crippen LogP contribution in [0.25, 0.3) is 0 Å². The van der Waals surface area contributed by atoms with Gasteiger partial charge >= 0.3 is 0 Å². The van der Waals surface area contributed by atoms with Crippen molar-refractivity contribution in [1.29, 1.82) is 0 Å². The fourth-order valence-corrected chi connectivity index (χ4v) is 5.97. The van der Waals surface area contributed by atoms with E-state index in [0.29, 0.717) is 24.0 Å². The fraction of sp³-hybridized carbons (Fsp3) is 0.250. The summed E-state index contributed by atoms with van der Waals surface area (Å²) in [7, 11) is -3.62. The maximum Gasteiger partial charge on any atom is 0.269 e. The molecule has 0 amide bonds. The van der Waals surface area contributed by atoms with E-state index in [1.165, 1.54) is 48.5 Å². The van der Waals surface area contributed by atoms with Crippen LogP contribution in [0.15, 0.2) is 48.5 Å². The minimum Gasteiger partial charge on any atom is -0.343 e. The van der Waals surface area contributed by atoms with Gasteiger partial charge in [-0.3, -0.25) is 24.8 Å². The number of rotatable bonds is 4. The number of nitro benzene ring substituents is 2. The number of nitro groups is 2. The Morgan fingerprint density at radius 2 is 1.12 bits per heavy atom. The molecule has 1 fully saturated rings. The van der Waals surface area contributed by atoms with Crippen molar-refractivity contribution in [3.05, 3.63) is 79.9 Å². The summed E-state index contributed by atoms with van der Waals surface area (Å²) in [4.78, 5) is 31.1. The zero-order chi connectivity index (χ0) is 18.2. The SMILES string of the molecule is O=[N+]([O-])c1ccc([C@H]2CC[C@@H](c3ccc([N+](=O)[O-])cc3)P2(=O)O)cc1. The average Bonchev–Trinajstić information content (AvgIpc) is 2.90. The molecule has 8 nitrogen and oxygen atoms in total. The highest BCUT2D eigenvalue weighted by Crippen LogP contribution is 2.73. The van der Waals surface area contributed by atoms with E-state index in [1.54, 1.807) is 0 Å². The lowest BCUT2D eigenvalue weighted by atomic mass is 10.0. The minimum absolute atomic E-state index is 0.0681. The van der Waals surface area contributed by atoms with Gasteiger partial charge in [0.15, 0.2) is 0 Å². The highest BCUT2D eigenvalue weighted by Gasteiger charge is 2.46. The third kappa shape index (κ3) is 3.18. The van der Waals surface area contributed by atoms with Crippen LogP contribution in [0.4, 0.5) is 11.4 Å². The van der Waals surface area contributed by atoms with Crippen molar-refractivity contribution >= 4 is 18.7 Å². The quantitative estimate of drug-likeness (QED) is 0.490. The standard InChI is InChI=1S/C16H15N2O6P/c19-17(20)13-5-1-11(2-6-13)15-9-10-16(25(15,23)24)12-3-7-14(8-4-12)18(21)22/h1-8,15-16H,9-10H2,(H,23,24)/t15-,16+. The van der Waals surface area contributed by atoms with Crippen LogP contribution in [0.5, 0.6) is 0 Å². The van der Waals surface area contributed by atoms with Crippen molar-refractivity contribution in [2.45, 2.75) is 24.2 Å². The summed E-state index contributed by atoms with van der Waals surface area (Å²) in [5, 5.41) is 21.5. The fourth-order valence-electron chi connectivity index (χ4n) is 3.30. The molecule has 1 aliphatic heterocycles. The van der Waals surface area contributed by atoms with Crippen LogP contribution < -0.4 is 0 Å². The molecule has 3 rings (SSSR count). The zero-order valence-corrected chi connectivity index (χ0v) is 13.9. The lowest BCUT2D eigenvalue weighted by Gasteiger charge is -2.20. The Hall–Kier alpha value is -2.57.